The number of aromatic nitrogens is 1. The standard InChI is InChI=1S/C14H14F3NO/c15-14(16,17)19-11-4-5-13-12(7-11)10(8-18-13)6-9-2-1-3-9/h4-5,7-9,18H,1-3,6H2. The van der Waals surface area contributed by atoms with Gasteiger partial charge in [-0.05, 0) is 36.1 Å². The monoisotopic (exact) mass is 269 g/mol. The summed E-state index contributed by atoms with van der Waals surface area (Å²) in [6.45, 7) is 0. The van der Waals surface area contributed by atoms with Crippen LogP contribution in [0.3, 0.4) is 0 Å². The molecule has 19 heavy (non-hydrogen) atoms. The van der Waals surface area contributed by atoms with Gasteiger partial charge in [0.15, 0.2) is 0 Å². The maximum atomic E-state index is 12.2. The molecule has 1 aliphatic carbocycles. The Bertz CT molecular complexity index is 584. The number of ether oxygens (including phenoxy) is 1. The number of benzene rings is 1. The van der Waals surface area contributed by atoms with Crippen molar-refractivity contribution in [1.82, 2.24) is 4.98 Å². The van der Waals surface area contributed by atoms with E-state index in [0.29, 0.717) is 5.92 Å². The Kier molecular flexibility index (Phi) is 2.92. The highest BCUT2D eigenvalue weighted by atomic mass is 19.4. The zero-order valence-electron chi connectivity index (χ0n) is 10.3. The maximum absolute atomic E-state index is 12.2. The lowest BCUT2D eigenvalue weighted by atomic mass is 9.81. The third kappa shape index (κ3) is 2.69. The second kappa shape index (κ2) is 4.47. The Labute approximate surface area is 108 Å². The van der Waals surface area contributed by atoms with E-state index in [1.54, 1.807) is 6.07 Å². The average Bonchev–Trinajstić information content (AvgIpc) is 2.64. The first kappa shape index (κ1) is 12.4. The summed E-state index contributed by atoms with van der Waals surface area (Å²) < 4.78 is 40.6. The molecule has 5 heteroatoms. The molecule has 102 valence electrons. The first-order valence-corrected chi connectivity index (χ1v) is 6.37. The second-order valence-electron chi connectivity index (χ2n) is 5.07. The van der Waals surface area contributed by atoms with E-state index in [2.05, 4.69) is 9.72 Å². The van der Waals surface area contributed by atoms with E-state index in [4.69, 9.17) is 0 Å². The number of H-pyrrole nitrogens is 1. The van der Waals surface area contributed by atoms with Crippen LogP contribution >= 0.6 is 0 Å². The predicted molar refractivity (Wildman–Crippen MR) is 66.0 cm³/mol. The van der Waals surface area contributed by atoms with Gasteiger partial charge in [0.2, 0.25) is 0 Å². The van der Waals surface area contributed by atoms with Crippen molar-refractivity contribution in [3.8, 4) is 5.75 Å². The van der Waals surface area contributed by atoms with Crippen LogP contribution in [0, 0.1) is 5.92 Å². The zero-order chi connectivity index (χ0) is 13.5. The Hall–Kier alpha value is -1.65. The molecule has 1 aromatic heterocycles. The van der Waals surface area contributed by atoms with Crippen molar-refractivity contribution in [2.24, 2.45) is 5.92 Å². The summed E-state index contributed by atoms with van der Waals surface area (Å²) in [5.41, 5.74) is 1.93. The Balaban J connectivity index is 1.88. The molecule has 0 atom stereocenters. The van der Waals surface area contributed by atoms with Crippen molar-refractivity contribution in [1.29, 1.82) is 0 Å². The van der Waals surface area contributed by atoms with Crippen LogP contribution < -0.4 is 4.74 Å². The van der Waals surface area contributed by atoms with E-state index >= 15 is 0 Å². The van der Waals surface area contributed by atoms with Crippen molar-refractivity contribution in [3.63, 3.8) is 0 Å². The van der Waals surface area contributed by atoms with Crippen LogP contribution in [0.4, 0.5) is 13.2 Å². The Morgan fingerprint density at radius 1 is 1.26 bits per heavy atom. The van der Waals surface area contributed by atoms with Gasteiger partial charge in [-0.25, -0.2) is 0 Å². The Morgan fingerprint density at radius 3 is 2.68 bits per heavy atom. The number of hydrogen-bond donors (Lipinski definition) is 1. The number of rotatable bonds is 3. The van der Waals surface area contributed by atoms with Crippen LogP contribution in [0.15, 0.2) is 24.4 Å². The highest BCUT2D eigenvalue weighted by Gasteiger charge is 2.31. The zero-order valence-corrected chi connectivity index (χ0v) is 10.3. The third-order valence-electron chi connectivity index (χ3n) is 3.71. The van der Waals surface area contributed by atoms with Gasteiger partial charge in [-0.3, -0.25) is 0 Å². The summed E-state index contributed by atoms with van der Waals surface area (Å²) in [5.74, 6) is 0.514. The fourth-order valence-electron chi connectivity index (χ4n) is 2.53. The molecule has 1 saturated carbocycles. The molecule has 0 saturated heterocycles. The molecule has 2 nitrogen and oxygen atoms in total. The third-order valence-corrected chi connectivity index (χ3v) is 3.71. The van der Waals surface area contributed by atoms with Gasteiger partial charge in [-0.2, -0.15) is 0 Å². The van der Waals surface area contributed by atoms with Crippen molar-refractivity contribution in [2.75, 3.05) is 0 Å². The van der Waals surface area contributed by atoms with Gasteiger partial charge >= 0.3 is 6.36 Å². The number of fused-ring (bicyclic) bond motifs is 1. The molecule has 2 aromatic rings. The van der Waals surface area contributed by atoms with E-state index < -0.39 is 6.36 Å². The first-order valence-electron chi connectivity index (χ1n) is 6.37. The summed E-state index contributed by atoms with van der Waals surface area (Å²) in [5, 5.41) is 0.827. The summed E-state index contributed by atoms with van der Waals surface area (Å²) in [7, 11) is 0. The van der Waals surface area contributed by atoms with E-state index in [-0.39, 0.29) is 5.75 Å². The SMILES string of the molecule is FC(F)(F)Oc1ccc2[nH]cc(CC3CCC3)c2c1. The van der Waals surface area contributed by atoms with Gasteiger partial charge in [-0.15, -0.1) is 13.2 Å². The van der Waals surface area contributed by atoms with E-state index in [0.717, 1.165) is 22.9 Å². The minimum absolute atomic E-state index is 0.158. The van der Waals surface area contributed by atoms with Crippen molar-refractivity contribution < 1.29 is 17.9 Å². The fraction of sp³-hybridized carbons (Fsp3) is 0.429. The molecule has 0 unspecified atom stereocenters. The van der Waals surface area contributed by atoms with Gasteiger partial charge in [0.25, 0.3) is 0 Å². The van der Waals surface area contributed by atoms with Crippen LogP contribution in [0.2, 0.25) is 0 Å². The molecule has 0 aliphatic heterocycles. The summed E-state index contributed by atoms with van der Waals surface area (Å²) in [6.07, 6.45) is 1.86. The molecule has 0 radical (unpaired) electrons. The summed E-state index contributed by atoms with van der Waals surface area (Å²) in [4.78, 5) is 3.09. The molecular formula is C14H14F3NO. The lowest BCUT2D eigenvalue weighted by molar-refractivity contribution is -0.274. The molecule has 1 aromatic carbocycles. The molecule has 0 bridgehead atoms. The Morgan fingerprint density at radius 2 is 2.05 bits per heavy atom. The largest absolute Gasteiger partial charge is 0.573 e. The summed E-state index contributed by atoms with van der Waals surface area (Å²) >= 11 is 0. The van der Waals surface area contributed by atoms with Gasteiger partial charge in [0, 0.05) is 17.1 Å². The van der Waals surface area contributed by atoms with Crippen LogP contribution in [-0.4, -0.2) is 11.3 Å². The molecule has 1 fully saturated rings. The van der Waals surface area contributed by atoms with Gasteiger partial charge < -0.3 is 9.72 Å². The first-order chi connectivity index (χ1) is 9.01. The number of alkyl halides is 3. The van der Waals surface area contributed by atoms with E-state index in [1.807, 2.05) is 6.20 Å². The van der Waals surface area contributed by atoms with E-state index in [9.17, 15) is 13.2 Å². The topological polar surface area (TPSA) is 25.0 Å². The minimum atomic E-state index is -4.64. The van der Waals surface area contributed by atoms with Gasteiger partial charge in [-0.1, -0.05) is 19.3 Å². The lowest BCUT2D eigenvalue weighted by Gasteiger charge is -2.24. The quantitative estimate of drug-likeness (QED) is 0.877. The lowest BCUT2D eigenvalue weighted by Crippen LogP contribution is -2.17. The molecular weight excluding hydrogens is 255 g/mol. The van der Waals surface area contributed by atoms with Crippen LogP contribution in [0.5, 0.6) is 5.75 Å². The smallest absolute Gasteiger partial charge is 0.406 e. The fourth-order valence-corrected chi connectivity index (χ4v) is 2.53. The second-order valence-corrected chi connectivity index (χ2v) is 5.07. The number of aromatic amines is 1. The number of halogens is 3. The maximum Gasteiger partial charge on any atom is 0.573 e. The average molecular weight is 269 g/mol. The van der Waals surface area contributed by atoms with Crippen molar-refractivity contribution in [3.05, 3.63) is 30.0 Å². The van der Waals surface area contributed by atoms with Gasteiger partial charge in [0.1, 0.15) is 5.75 Å². The predicted octanol–water partition coefficient (Wildman–Crippen LogP) is 4.41. The highest BCUT2D eigenvalue weighted by Crippen LogP contribution is 2.33. The number of hydrogen-bond acceptors (Lipinski definition) is 1. The van der Waals surface area contributed by atoms with Crippen LogP contribution in [0.25, 0.3) is 10.9 Å². The molecule has 1 heterocycles. The summed E-state index contributed by atoms with van der Waals surface area (Å²) in [6, 6.07) is 4.42. The molecule has 1 N–H and O–H groups in total. The molecule has 0 amide bonds. The number of nitrogens with one attached hydrogen (secondary N) is 1. The minimum Gasteiger partial charge on any atom is -0.406 e. The van der Waals surface area contributed by atoms with Crippen LogP contribution in [0.1, 0.15) is 24.8 Å². The van der Waals surface area contributed by atoms with Gasteiger partial charge in [0.05, 0.1) is 0 Å². The molecule has 0 spiro atoms. The highest BCUT2D eigenvalue weighted by molar-refractivity contribution is 5.84. The van der Waals surface area contributed by atoms with Crippen molar-refractivity contribution >= 4 is 10.9 Å². The normalized spacial score (nSPS) is 16.6. The van der Waals surface area contributed by atoms with Crippen molar-refractivity contribution in [2.45, 2.75) is 32.0 Å². The molecule has 3 rings (SSSR count). The molecule has 1 aliphatic rings. The van der Waals surface area contributed by atoms with E-state index in [1.165, 1.54) is 31.4 Å². The van der Waals surface area contributed by atoms with Crippen LogP contribution in [-0.2, 0) is 6.42 Å².